The molecule has 1 N–H and O–H groups in total. The molecule has 1 heterocycles. The molecule has 1 atom stereocenters. The molecule has 3 nitrogen and oxygen atoms in total. The Labute approximate surface area is 87.2 Å². The normalized spacial score (nSPS) is 24.8. The topological polar surface area (TPSA) is 38.3 Å². The third-order valence-corrected chi connectivity index (χ3v) is 2.41. The number of cyclic esters (lactones) is 1. The first-order valence-corrected chi connectivity index (χ1v) is 4.79. The first-order valence-electron chi connectivity index (χ1n) is 4.79. The Kier molecular flexibility index (Phi) is 2.34. The van der Waals surface area contributed by atoms with Crippen LogP contribution in [-0.4, -0.2) is 18.2 Å². The van der Waals surface area contributed by atoms with Crippen LogP contribution in [0.15, 0.2) is 24.3 Å². The molecule has 1 aliphatic rings. The van der Waals surface area contributed by atoms with Crippen molar-refractivity contribution in [3.05, 3.63) is 35.6 Å². The summed E-state index contributed by atoms with van der Waals surface area (Å²) in [6, 6.07) is 6.32. The first-order chi connectivity index (χ1) is 7.07. The number of nitrogens with one attached hydrogen (secondary N) is 1. The molecule has 0 aliphatic carbocycles. The average Bonchev–Trinajstić information content (AvgIpc) is 2.45. The summed E-state index contributed by atoms with van der Waals surface area (Å²) in [5.74, 6) is -0.270. The maximum absolute atomic E-state index is 12.9. The van der Waals surface area contributed by atoms with E-state index in [4.69, 9.17) is 4.74 Å². The van der Waals surface area contributed by atoms with Gasteiger partial charge in [-0.1, -0.05) is 12.1 Å². The quantitative estimate of drug-likeness (QED) is 0.807. The highest BCUT2D eigenvalue weighted by Gasteiger charge is 2.35. The second kappa shape index (κ2) is 3.53. The van der Waals surface area contributed by atoms with Crippen LogP contribution < -0.4 is 5.32 Å². The highest BCUT2D eigenvalue weighted by molar-refractivity contribution is 5.70. The van der Waals surface area contributed by atoms with Gasteiger partial charge in [0.15, 0.2) is 0 Å². The Morgan fingerprint density at radius 2 is 2.40 bits per heavy atom. The van der Waals surface area contributed by atoms with E-state index in [1.54, 1.807) is 6.07 Å². The van der Waals surface area contributed by atoms with Crippen LogP contribution >= 0.6 is 0 Å². The third-order valence-electron chi connectivity index (χ3n) is 2.41. The molecule has 15 heavy (non-hydrogen) atoms. The SMILES string of the molecule is CC1(Cc2cccc(F)c2)CNC(=O)O1. The maximum Gasteiger partial charge on any atom is 0.407 e. The van der Waals surface area contributed by atoms with Crippen LogP contribution in [0, 0.1) is 5.82 Å². The van der Waals surface area contributed by atoms with Crippen molar-refractivity contribution in [3.8, 4) is 0 Å². The van der Waals surface area contributed by atoms with Crippen LogP contribution in [-0.2, 0) is 11.2 Å². The molecule has 1 aliphatic heterocycles. The lowest BCUT2D eigenvalue weighted by Crippen LogP contribution is -2.31. The van der Waals surface area contributed by atoms with E-state index in [1.165, 1.54) is 12.1 Å². The van der Waals surface area contributed by atoms with Crippen LogP contribution in [0.1, 0.15) is 12.5 Å². The second-order valence-corrected chi connectivity index (χ2v) is 4.00. The van der Waals surface area contributed by atoms with E-state index in [0.29, 0.717) is 13.0 Å². The van der Waals surface area contributed by atoms with Gasteiger partial charge in [-0.05, 0) is 24.6 Å². The minimum absolute atomic E-state index is 0.270. The van der Waals surface area contributed by atoms with E-state index in [9.17, 15) is 9.18 Å². The van der Waals surface area contributed by atoms with Crippen molar-refractivity contribution in [3.63, 3.8) is 0 Å². The number of amides is 1. The number of hydrogen-bond donors (Lipinski definition) is 1. The lowest BCUT2D eigenvalue weighted by Gasteiger charge is -2.20. The summed E-state index contributed by atoms with van der Waals surface area (Å²) in [6.45, 7) is 2.29. The number of carbonyl (C=O) groups excluding carboxylic acids is 1. The number of ether oxygens (including phenoxy) is 1. The van der Waals surface area contributed by atoms with E-state index in [0.717, 1.165) is 5.56 Å². The van der Waals surface area contributed by atoms with Gasteiger partial charge in [0.1, 0.15) is 11.4 Å². The molecule has 2 rings (SSSR count). The Bertz CT molecular complexity index is 394. The zero-order chi connectivity index (χ0) is 10.9. The molecule has 0 bridgehead atoms. The molecule has 1 saturated heterocycles. The molecule has 0 saturated carbocycles. The Balaban J connectivity index is 2.11. The summed E-state index contributed by atoms with van der Waals surface area (Å²) < 4.78 is 18.0. The molecule has 1 unspecified atom stereocenters. The molecule has 1 amide bonds. The Morgan fingerprint density at radius 3 is 3.00 bits per heavy atom. The molecule has 0 aromatic heterocycles. The first kappa shape index (κ1) is 9.96. The summed E-state index contributed by atoms with van der Waals surface area (Å²) >= 11 is 0. The van der Waals surface area contributed by atoms with E-state index >= 15 is 0 Å². The molecular formula is C11H12FNO2. The molecule has 0 radical (unpaired) electrons. The van der Waals surface area contributed by atoms with E-state index in [2.05, 4.69) is 5.32 Å². The number of halogens is 1. The van der Waals surface area contributed by atoms with E-state index < -0.39 is 11.7 Å². The van der Waals surface area contributed by atoms with E-state index in [1.807, 2.05) is 13.0 Å². The lowest BCUT2D eigenvalue weighted by atomic mass is 9.97. The number of carbonyl (C=O) groups is 1. The second-order valence-electron chi connectivity index (χ2n) is 4.00. The van der Waals surface area contributed by atoms with E-state index in [-0.39, 0.29) is 5.82 Å². The van der Waals surface area contributed by atoms with Gasteiger partial charge in [0, 0.05) is 6.42 Å². The molecule has 1 aromatic rings. The number of rotatable bonds is 2. The van der Waals surface area contributed by atoms with Gasteiger partial charge in [-0.3, -0.25) is 0 Å². The van der Waals surface area contributed by atoms with Gasteiger partial charge in [0.2, 0.25) is 0 Å². The highest BCUT2D eigenvalue weighted by Crippen LogP contribution is 2.21. The lowest BCUT2D eigenvalue weighted by molar-refractivity contribution is 0.0724. The number of alkyl carbamates (subject to hydrolysis) is 1. The standard InChI is InChI=1S/C11H12FNO2/c1-11(7-13-10(14)15-11)6-8-3-2-4-9(12)5-8/h2-5H,6-7H2,1H3,(H,13,14). The minimum atomic E-state index is -0.565. The van der Waals surface area contributed by atoms with Crippen molar-refractivity contribution >= 4 is 6.09 Å². The van der Waals surface area contributed by atoms with Crippen LogP contribution in [0.2, 0.25) is 0 Å². The van der Waals surface area contributed by atoms with Gasteiger partial charge in [0.05, 0.1) is 6.54 Å². The molecule has 80 valence electrons. The van der Waals surface area contributed by atoms with Gasteiger partial charge in [-0.2, -0.15) is 0 Å². The zero-order valence-corrected chi connectivity index (χ0v) is 8.42. The van der Waals surface area contributed by atoms with Crippen molar-refractivity contribution in [2.75, 3.05) is 6.54 Å². The Morgan fingerprint density at radius 1 is 1.60 bits per heavy atom. The summed E-state index contributed by atoms with van der Waals surface area (Å²) in [5.41, 5.74) is 0.263. The van der Waals surface area contributed by atoms with Crippen LogP contribution in [0.25, 0.3) is 0 Å². The largest absolute Gasteiger partial charge is 0.441 e. The smallest absolute Gasteiger partial charge is 0.407 e. The fraction of sp³-hybridized carbons (Fsp3) is 0.364. The summed E-state index contributed by atoms with van der Waals surface area (Å²) in [5, 5.41) is 2.59. The molecule has 1 fully saturated rings. The van der Waals surface area contributed by atoms with Crippen LogP contribution in [0.4, 0.5) is 9.18 Å². The zero-order valence-electron chi connectivity index (χ0n) is 8.42. The van der Waals surface area contributed by atoms with Crippen molar-refractivity contribution in [1.82, 2.24) is 5.32 Å². The maximum atomic E-state index is 12.9. The number of hydrogen-bond acceptors (Lipinski definition) is 2. The summed E-state index contributed by atoms with van der Waals surface area (Å²) in [4.78, 5) is 10.9. The number of benzene rings is 1. The van der Waals surface area contributed by atoms with Gasteiger partial charge in [0.25, 0.3) is 0 Å². The fourth-order valence-corrected chi connectivity index (χ4v) is 1.73. The average molecular weight is 209 g/mol. The predicted molar refractivity (Wildman–Crippen MR) is 53.0 cm³/mol. The molecule has 0 spiro atoms. The van der Waals surface area contributed by atoms with Crippen molar-refractivity contribution in [1.29, 1.82) is 0 Å². The molecule has 4 heteroatoms. The predicted octanol–water partition coefficient (Wildman–Crippen LogP) is 1.87. The highest BCUT2D eigenvalue weighted by atomic mass is 19.1. The van der Waals surface area contributed by atoms with Gasteiger partial charge < -0.3 is 10.1 Å². The van der Waals surface area contributed by atoms with Gasteiger partial charge in [-0.15, -0.1) is 0 Å². The van der Waals surface area contributed by atoms with Crippen molar-refractivity contribution in [2.45, 2.75) is 18.9 Å². The van der Waals surface area contributed by atoms with Crippen LogP contribution in [0.5, 0.6) is 0 Å². The van der Waals surface area contributed by atoms with Gasteiger partial charge in [-0.25, -0.2) is 9.18 Å². The van der Waals surface area contributed by atoms with Crippen molar-refractivity contribution in [2.24, 2.45) is 0 Å². The minimum Gasteiger partial charge on any atom is -0.441 e. The third kappa shape index (κ3) is 2.26. The molecule has 1 aromatic carbocycles. The van der Waals surface area contributed by atoms with Crippen LogP contribution in [0.3, 0.4) is 0 Å². The Hall–Kier alpha value is -1.58. The summed E-state index contributed by atoms with van der Waals surface area (Å²) in [7, 11) is 0. The monoisotopic (exact) mass is 209 g/mol. The van der Waals surface area contributed by atoms with Crippen molar-refractivity contribution < 1.29 is 13.9 Å². The van der Waals surface area contributed by atoms with Gasteiger partial charge >= 0.3 is 6.09 Å². The fourth-order valence-electron chi connectivity index (χ4n) is 1.73. The summed E-state index contributed by atoms with van der Waals surface area (Å²) in [6.07, 6.45) is 0.109. The molecular weight excluding hydrogens is 197 g/mol.